The van der Waals surface area contributed by atoms with Crippen LogP contribution in [0.2, 0.25) is 0 Å². The third kappa shape index (κ3) is 4.43. The molecule has 1 aromatic heterocycles. The molecule has 0 unspecified atom stereocenters. The van der Waals surface area contributed by atoms with Crippen LogP contribution in [0.4, 0.5) is 0 Å². The maximum atomic E-state index is 11.8. The maximum Gasteiger partial charge on any atom is 0.173 e. The summed E-state index contributed by atoms with van der Waals surface area (Å²) in [5, 5.41) is 0. The summed E-state index contributed by atoms with van der Waals surface area (Å²) < 4.78 is 0. The number of thiophene rings is 1. The van der Waals surface area contributed by atoms with E-state index in [9.17, 15) is 9.59 Å². The summed E-state index contributed by atoms with van der Waals surface area (Å²) in [4.78, 5) is 25.1. The highest BCUT2D eigenvalue weighted by atomic mass is 32.1. The first-order valence-electron chi connectivity index (χ1n) is 6.06. The number of carbonyl (C=O) groups excluding carboxylic acids is 2. The molecule has 0 bridgehead atoms. The largest absolute Gasteiger partial charge is 0.293 e. The lowest BCUT2D eigenvalue weighted by Gasteiger charge is -2.01. The van der Waals surface area contributed by atoms with Gasteiger partial charge in [0.2, 0.25) is 0 Å². The molecule has 0 saturated carbocycles. The quantitative estimate of drug-likeness (QED) is 0.711. The molecule has 0 aromatic carbocycles. The maximum absolute atomic E-state index is 11.8. The van der Waals surface area contributed by atoms with Crippen LogP contribution in [0, 0.1) is 11.8 Å². The van der Waals surface area contributed by atoms with E-state index in [1.165, 1.54) is 11.3 Å². The van der Waals surface area contributed by atoms with Crippen molar-refractivity contribution in [2.75, 3.05) is 0 Å². The van der Waals surface area contributed by atoms with Gasteiger partial charge in [-0.1, -0.05) is 27.7 Å². The number of carbonyl (C=O) groups is 2. The standard InChI is InChI=1S/C14H20O2S/c1-9(2)7-11(15)13-5-6-14(17-13)12(16)8-10(3)4/h5-6,9-10H,7-8H2,1-4H3. The fourth-order valence-corrected chi connectivity index (χ4v) is 2.48. The Morgan fingerprint density at radius 1 is 0.941 bits per heavy atom. The van der Waals surface area contributed by atoms with E-state index in [0.29, 0.717) is 34.4 Å². The zero-order chi connectivity index (χ0) is 13.0. The van der Waals surface area contributed by atoms with Crippen LogP contribution in [-0.4, -0.2) is 11.6 Å². The number of rotatable bonds is 6. The fourth-order valence-electron chi connectivity index (χ4n) is 1.58. The highest BCUT2D eigenvalue weighted by Gasteiger charge is 2.15. The molecule has 17 heavy (non-hydrogen) atoms. The molecule has 3 heteroatoms. The molecule has 0 radical (unpaired) electrons. The monoisotopic (exact) mass is 252 g/mol. The Bertz CT molecular complexity index is 366. The minimum absolute atomic E-state index is 0.147. The van der Waals surface area contributed by atoms with Crippen molar-refractivity contribution < 1.29 is 9.59 Å². The van der Waals surface area contributed by atoms with Gasteiger partial charge < -0.3 is 0 Å². The molecule has 0 spiro atoms. The van der Waals surface area contributed by atoms with E-state index >= 15 is 0 Å². The van der Waals surface area contributed by atoms with E-state index in [2.05, 4.69) is 0 Å². The molecule has 1 heterocycles. The molecule has 0 N–H and O–H groups in total. The van der Waals surface area contributed by atoms with E-state index in [1.54, 1.807) is 12.1 Å². The van der Waals surface area contributed by atoms with Crippen molar-refractivity contribution >= 4 is 22.9 Å². The van der Waals surface area contributed by atoms with Crippen LogP contribution in [0.15, 0.2) is 12.1 Å². The van der Waals surface area contributed by atoms with E-state index in [0.717, 1.165) is 0 Å². The summed E-state index contributed by atoms with van der Waals surface area (Å²) >= 11 is 1.33. The van der Waals surface area contributed by atoms with Gasteiger partial charge in [0.05, 0.1) is 9.75 Å². The van der Waals surface area contributed by atoms with Crippen molar-refractivity contribution in [3.8, 4) is 0 Å². The minimum Gasteiger partial charge on any atom is -0.293 e. The van der Waals surface area contributed by atoms with E-state index in [-0.39, 0.29) is 11.6 Å². The second-order valence-electron chi connectivity index (χ2n) is 5.21. The van der Waals surface area contributed by atoms with E-state index in [1.807, 2.05) is 27.7 Å². The zero-order valence-electron chi connectivity index (χ0n) is 10.9. The summed E-state index contributed by atoms with van der Waals surface area (Å²) in [6, 6.07) is 3.56. The molecular formula is C14H20O2S. The first kappa shape index (κ1) is 14.1. The Balaban J connectivity index is 2.71. The van der Waals surface area contributed by atoms with E-state index in [4.69, 9.17) is 0 Å². The molecular weight excluding hydrogens is 232 g/mol. The molecule has 0 aliphatic rings. The van der Waals surface area contributed by atoms with Gasteiger partial charge in [-0.25, -0.2) is 0 Å². The van der Waals surface area contributed by atoms with Gasteiger partial charge in [-0.2, -0.15) is 0 Å². The normalized spacial score (nSPS) is 11.2. The average Bonchev–Trinajstić information content (AvgIpc) is 2.63. The van der Waals surface area contributed by atoms with Crippen molar-refractivity contribution in [1.29, 1.82) is 0 Å². The first-order chi connectivity index (χ1) is 7.90. The third-order valence-electron chi connectivity index (χ3n) is 2.34. The SMILES string of the molecule is CC(C)CC(=O)c1ccc(C(=O)CC(C)C)s1. The highest BCUT2D eigenvalue weighted by molar-refractivity contribution is 7.16. The van der Waals surface area contributed by atoms with E-state index < -0.39 is 0 Å². The average molecular weight is 252 g/mol. The fraction of sp³-hybridized carbons (Fsp3) is 0.571. The zero-order valence-corrected chi connectivity index (χ0v) is 11.8. The molecule has 0 fully saturated rings. The number of hydrogen-bond acceptors (Lipinski definition) is 3. The lowest BCUT2D eigenvalue weighted by atomic mass is 10.1. The Labute approximate surface area is 107 Å². The van der Waals surface area contributed by atoms with Crippen LogP contribution in [0.25, 0.3) is 0 Å². The lowest BCUT2D eigenvalue weighted by Crippen LogP contribution is -2.02. The number of hydrogen-bond donors (Lipinski definition) is 0. The van der Waals surface area contributed by atoms with Crippen molar-refractivity contribution in [1.82, 2.24) is 0 Å². The Morgan fingerprint density at radius 2 is 1.29 bits per heavy atom. The Morgan fingerprint density at radius 3 is 1.59 bits per heavy atom. The van der Waals surface area contributed by atoms with Gasteiger partial charge in [-0.3, -0.25) is 9.59 Å². The van der Waals surface area contributed by atoms with Crippen LogP contribution in [0.5, 0.6) is 0 Å². The summed E-state index contributed by atoms with van der Waals surface area (Å²) in [5.74, 6) is 1.01. The van der Waals surface area contributed by atoms with Crippen molar-refractivity contribution in [2.45, 2.75) is 40.5 Å². The van der Waals surface area contributed by atoms with Gasteiger partial charge in [0.1, 0.15) is 0 Å². The van der Waals surface area contributed by atoms with Gasteiger partial charge in [0.25, 0.3) is 0 Å². The predicted molar refractivity (Wildman–Crippen MR) is 71.9 cm³/mol. The highest BCUT2D eigenvalue weighted by Crippen LogP contribution is 2.22. The molecule has 0 aliphatic carbocycles. The Hall–Kier alpha value is -0.960. The molecule has 0 amide bonds. The third-order valence-corrected chi connectivity index (χ3v) is 3.51. The van der Waals surface area contributed by atoms with Gasteiger partial charge in [0.15, 0.2) is 11.6 Å². The van der Waals surface area contributed by atoms with Gasteiger partial charge in [-0.15, -0.1) is 11.3 Å². The van der Waals surface area contributed by atoms with Crippen LogP contribution in [0.3, 0.4) is 0 Å². The van der Waals surface area contributed by atoms with Crippen molar-refractivity contribution in [3.05, 3.63) is 21.9 Å². The topological polar surface area (TPSA) is 34.1 Å². The van der Waals surface area contributed by atoms with Crippen LogP contribution < -0.4 is 0 Å². The molecule has 1 rings (SSSR count). The second kappa shape index (κ2) is 6.10. The first-order valence-corrected chi connectivity index (χ1v) is 6.88. The van der Waals surface area contributed by atoms with Crippen molar-refractivity contribution in [2.24, 2.45) is 11.8 Å². The smallest absolute Gasteiger partial charge is 0.173 e. The summed E-state index contributed by atoms with van der Waals surface area (Å²) in [5.41, 5.74) is 0. The number of Topliss-reactive ketones (excluding diaryl/α,β-unsaturated/α-hetero) is 2. The van der Waals surface area contributed by atoms with Gasteiger partial charge in [0, 0.05) is 12.8 Å². The van der Waals surface area contributed by atoms with Crippen molar-refractivity contribution in [3.63, 3.8) is 0 Å². The van der Waals surface area contributed by atoms with Crippen LogP contribution in [-0.2, 0) is 0 Å². The molecule has 0 saturated heterocycles. The molecule has 2 nitrogen and oxygen atoms in total. The molecule has 0 aliphatic heterocycles. The summed E-state index contributed by atoms with van der Waals surface area (Å²) in [6.07, 6.45) is 1.11. The molecule has 94 valence electrons. The summed E-state index contributed by atoms with van der Waals surface area (Å²) in [7, 11) is 0. The molecule has 1 aromatic rings. The number of ketones is 2. The van der Waals surface area contributed by atoms with Crippen LogP contribution >= 0.6 is 11.3 Å². The Kier molecular flexibility index (Phi) is 5.06. The van der Waals surface area contributed by atoms with Gasteiger partial charge >= 0.3 is 0 Å². The molecule has 0 atom stereocenters. The summed E-state index contributed by atoms with van der Waals surface area (Å²) in [6.45, 7) is 8.10. The second-order valence-corrected chi connectivity index (χ2v) is 6.29. The van der Waals surface area contributed by atoms with Gasteiger partial charge in [-0.05, 0) is 24.0 Å². The minimum atomic E-state index is 0.147. The lowest BCUT2D eigenvalue weighted by molar-refractivity contribution is 0.0964. The van der Waals surface area contributed by atoms with Crippen LogP contribution in [0.1, 0.15) is 59.9 Å². The predicted octanol–water partition coefficient (Wildman–Crippen LogP) is 4.21.